The number of hydrogen-bond donors (Lipinski definition) is 1. The molecule has 28 heavy (non-hydrogen) atoms. The summed E-state index contributed by atoms with van der Waals surface area (Å²) in [6.45, 7) is 3.36. The van der Waals surface area contributed by atoms with Gasteiger partial charge in [-0.3, -0.25) is 9.78 Å². The number of ether oxygens (including phenoxy) is 1. The predicted molar refractivity (Wildman–Crippen MR) is 106 cm³/mol. The zero-order valence-electron chi connectivity index (χ0n) is 16.1. The summed E-state index contributed by atoms with van der Waals surface area (Å²) >= 11 is 0. The maximum Gasteiger partial charge on any atom is 0.253 e. The lowest BCUT2D eigenvalue weighted by Crippen LogP contribution is -2.41. The fraction of sp³-hybridized carbons (Fsp3) is 0.400. The average molecular weight is 404 g/mol. The molecule has 8 heteroatoms. The zero-order valence-corrected chi connectivity index (χ0v) is 16.9. The van der Waals surface area contributed by atoms with Crippen LogP contribution < -0.4 is 9.46 Å². The second kappa shape index (κ2) is 8.70. The number of rotatable bonds is 6. The Balaban J connectivity index is 1.54. The number of piperidine rings is 1. The summed E-state index contributed by atoms with van der Waals surface area (Å²) in [5.74, 6) is 0.827. The number of amides is 1. The van der Waals surface area contributed by atoms with E-state index in [1.54, 1.807) is 56.8 Å². The summed E-state index contributed by atoms with van der Waals surface area (Å²) in [5.41, 5.74) is 1.27. The van der Waals surface area contributed by atoms with Gasteiger partial charge in [-0.15, -0.1) is 0 Å². The quantitative estimate of drug-likeness (QED) is 0.799. The Bertz CT molecular complexity index is 924. The van der Waals surface area contributed by atoms with Gasteiger partial charge in [-0.1, -0.05) is 0 Å². The molecule has 7 nitrogen and oxygen atoms in total. The number of nitrogens with zero attached hydrogens (tertiary/aromatic N) is 2. The Kier molecular flexibility index (Phi) is 6.31. The minimum Gasteiger partial charge on any atom is -0.497 e. The average Bonchev–Trinajstić information content (AvgIpc) is 2.72. The first-order chi connectivity index (χ1) is 13.4. The third-order valence-electron chi connectivity index (χ3n) is 5.06. The van der Waals surface area contributed by atoms with Crippen LogP contribution in [0.5, 0.6) is 5.75 Å². The molecule has 3 rings (SSSR count). The van der Waals surface area contributed by atoms with Crippen LogP contribution in [0.3, 0.4) is 0 Å². The molecule has 150 valence electrons. The lowest BCUT2D eigenvalue weighted by molar-refractivity contribution is 0.0692. The number of hydrogen-bond acceptors (Lipinski definition) is 5. The Labute approximate surface area is 165 Å². The Morgan fingerprint density at radius 2 is 1.89 bits per heavy atom. The lowest BCUT2D eigenvalue weighted by atomic mass is 9.97. The largest absolute Gasteiger partial charge is 0.497 e. The van der Waals surface area contributed by atoms with E-state index in [4.69, 9.17) is 4.74 Å². The first-order valence-electron chi connectivity index (χ1n) is 9.24. The minimum absolute atomic E-state index is 0.00436. The maximum absolute atomic E-state index is 12.6. The van der Waals surface area contributed by atoms with Crippen molar-refractivity contribution in [3.8, 4) is 5.75 Å². The van der Waals surface area contributed by atoms with Gasteiger partial charge in [0.25, 0.3) is 5.91 Å². The summed E-state index contributed by atoms with van der Waals surface area (Å²) in [5, 5.41) is 0. The molecule has 0 atom stereocenters. The molecule has 0 radical (unpaired) electrons. The minimum atomic E-state index is -3.58. The molecule has 0 unspecified atom stereocenters. The second-order valence-electron chi connectivity index (χ2n) is 6.95. The number of aryl methyl sites for hydroxylation is 1. The maximum atomic E-state index is 12.6. The second-order valence-corrected chi connectivity index (χ2v) is 8.69. The van der Waals surface area contributed by atoms with Gasteiger partial charge in [0.2, 0.25) is 10.0 Å². The first kappa shape index (κ1) is 20.3. The van der Waals surface area contributed by atoms with E-state index >= 15 is 0 Å². The lowest BCUT2D eigenvalue weighted by Gasteiger charge is -2.32. The predicted octanol–water partition coefficient (Wildman–Crippen LogP) is 2.23. The van der Waals surface area contributed by atoms with Crippen LogP contribution in [0.15, 0.2) is 47.6 Å². The first-order valence-corrected chi connectivity index (χ1v) is 10.7. The molecule has 1 aromatic heterocycles. The molecule has 0 saturated carbocycles. The van der Waals surface area contributed by atoms with E-state index in [1.165, 1.54) is 0 Å². The van der Waals surface area contributed by atoms with E-state index < -0.39 is 10.0 Å². The molecular formula is C20H25N3O4S. The normalized spacial score (nSPS) is 15.4. The van der Waals surface area contributed by atoms with Gasteiger partial charge < -0.3 is 9.64 Å². The highest BCUT2D eigenvalue weighted by atomic mass is 32.2. The molecule has 1 N–H and O–H groups in total. The van der Waals surface area contributed by atoms with Gasteiger partial charge >= 0.3 is 0 Å². The number of methoxy groups -OCH3 is 1. The summed E-state index contributed by atoms with van der Waals surface area (Å²) in [6, 6.07) is 8.33. The molecule has 1 aliphatic rings. The number of pyridine rings is 1. The van der Waals surface area contributed by atoms with Crippen molar-refractivity contribution in [2.24, 2.45) is 5.92 Å². The van der Waals surface area contributed by atoms with Gasteiger partial charge in [0.1, 0.15) is 5.75 Å². The molecule has 1 fully saturated rings. The number of nitrogens with one attached hydrogen (secondary N) is 1. The van der Waals surface area contributed by atoms with E-state index in [1.807, 2.05) is 4.90 Å². The molecule has 1 saturated heterocycles. The number of carbonyl (C=O) groups excluding carboxylic acids is 1. The van der Waals surface area contributed by atoms with Crippen LogP contribution in [-0.2, 0) is 10.0 Å². The van der Waals surface area contributed by atoms with Crippen LogP contribution in [0.4, 0.5) is 0 Å². The van der Waals surface area contributed by atoms with Gasteiger partial charge in [-0.2, -0.15) is 0 Å². The van der Waals surface area contributed by atoms with E-state index in [0.717, 1.165) is 12.8 Å². The van der Waals surface area contributed by atoms with Crippen molar-refractivity contribution >= 4 is 15.9 Å². The van der Waals surface area contributed by atoms with Crippen LogP contribution in [0.1, 0.15) is 28.8 Å². The highest BCUT2D eigenvalue weighted by Crippen LogP contribution is 2.22. The zero-order chi connectivity index (χ0) is 20.1. The van der Waals surface area contributed by atoms with Crippen molar-refractivity contribution in [1.29, 1.82) is 0 Å². The highest BCUT2D eigenvalue weighted by molar-refractivity contribution is 7.89. The van der Waals surface area contributed by atoms with Crippen molar-refractivity contribution in [2.45, 2.75) is 24.7 Å². The van der Waals surface area contributed by atoms with Gasteiger partial charge in [0.05, 0.1) is 12.0 Å². The van der Waals surface area contributed by atoms with Crippen molar-refractivity contribution in [3.63, 3.8) is 0 Å². The number of sulfonamides is 1. The van der Waals surface area contributed by atoms with Gasteiger partial charge in [0.15, 0.2) is 0 Å². The van der Waals surface area contributed by atoms with E-state index in [2.05, 4.69) is 9.71 Å². The summed E-state index contributed by atoms with van der Waals surface area (Å²) < 4.78 is 33.1. The molecule has 0 spiro atoms. The van der Waals surface area contributed by atoms with E-state index in [0.29, 0.717) is 36.5 Å². The van der Waals surface area contributed by atoms with Crippen molar-refractivity contribution in [1.82, 2.24) is 14.6 Å². The topological polar surface area (TPSA) is 88.6 Å². The fourth-order valence-corrected chi connectivity index (χ4v) is 4.71. The van der Waals surface area contributed by atoms with Crippen LogP contribution in [0, 0.1) is 12.8 Å². The highest BCUT2D eigenvalue weighted by Gasteiger charge is 2.25. The van der Waals surface area contributed by atoms with Crippen LogP contribution in [0.25, 0.3) is 0 Å². The fourth-order valence-electron chi connectivity index (χ4n) is 3.37. The smallest absolute Gasteiger partial charge is 0.253 e. The molecule has 0 aliphatic carbocycles. The molecule has 0 bridgehead atoms. The van der Waals surface area contributed by atoms with Crippen LogP contribution >= 0.6 is 0 Å². The number of carbonyl (C=O) groups is 1. The van der Waals surface area contributed by atoms with E-state index in [-0.39, 0.29) is 16.7 Å². The van der Waals surface area contributed by atoms with Crippen molar-refractivity contribution in [3.05, 3.63) is 53.9 Å². The molecule has 1 aliphatic heterocycles. The summed E-state index contributed by atoms with van der Waals surface area (Å²) in [4.78, 5) is 18.5. The van der Waals surface area contributed by atoms with Gasteiger partial charge in [-0.05, 0) is 61.6 Å². The van der Waals surface area contributed by atoms with Gasteiger partial charge in [0, 0.05) is 37.6 Å². The van der Waals surface area contributed by atoms with Crippen LogP contribution in [0.2, 0.25) is 0 Å². The Morgan fingerprint density at radius 1 is 1.21 bits per heavy atom. The number of aromatic nitrogens is 1. The summed E-state index contributed by atoms with van der Waals surface area (Å²) in [7, 11) is -2.03. The summed E-state index contributed by atoms with van der Waals surface area (Å²) in [6.07, 6.45) is 4.74. The molecule has 1 amide bonds. The van der Waals surface area contributed by atoms with Crippen molar-refractivity contribution < 1.29 is 17.9 Å². The molecule has 1 aromatic carbocycles. The third-order valence-corrected chi connectivity index (χ3v) is 6.65. The molecule has 2 aromatic rings. The van der Waals surface area contributed by atoms with Crippen LogP contribution in [-0.4, -0.2) is 51.0 Å². The SMILES string of the molecule is COc1ccc(S(=O)(=O)NCC2CCN(C(=O)c3ccncc3)CC2)c(C)c1. The monoisotopic (exact) mass is 403 g/mol. The molecule has 2 heterocycles. The molecular weight excluding hydrogens is 378 g/mol. The standard InChI is InChI=1S/C20H25N3O4S/c1-15-13-18(27-2)3-4-19(15)28(25,26)22-14-16-7-11-23(12-8-16)20(24)17-5-9-21-10-6-17/h3-6,9-10,13,16,22H,7-8,11-12,14H2,1-2H3. The van der Waals surface area contributed by atoms with Crippen molar-refractivity contribution in [2.75, 3.05) is 26.7 Å². The third kappa shape index (κ3) is 4.69. The van der Waals surface area contributed by atoms with Gasteiger partial charge in [-0.25, -0.2) is 13.1 Å². The Hall–Kier alpha value is -2.45. The number of benzene rings is 1. The van der Waals surface area contributed by atoms with E-state index in [9.17, 15) is 13.2 Å². The number of likely N-dealkylation sites (tertiary alicyclic amines) is 1. The Morgan fingerprint density at radius 3 is 2.50 bits per heavy atom.